The van der Waals surface area contributed by atoms with E-state index in [1.54, 1.807) is 14.2 Å². The summed E-state index contributed by atoms with van der Waals surface area (Å²) in [6.45, 7) is 0. The molecule has 98 valence electrons. The normalized spacial score (nSPS) is 16.4. The van der Waals surface area contributed by atoms with Gasteiger partial charge in [0.05, 0.1) is 19.9 Å². The first-order valence-corrected chi connectivity index (χ1v) is 6.23. The van der Waals surface area contributed by atoms with Crippen LogP contribution in [0.25, 0.3) is 0 Å². The number of ether oxygens (including phenoxy) is 2. The summed E-state index contributed by atoms with van der Waals surface area (Å²) >= 11 is 0. The molecule has 0 bridgehead atoms. The number of carbonyl (C=O) groups excluding carboxylic acids is 1. The molecule has 18 heavy (non-hydrogen) atoms. The van der Waals surface area contributed by atoms with Gasteiger partial charge in [0.25, 0.3) is 0 Å². The quantitative estimate of drug-likeness (QED) is 0.891. The summed E-state index contributed by atoms with van der Waals surface area (Å²) in [5, 5.41) is 3.44. The largest absolute Gasteiger partial charge is 0.497 e. The van der Waals surface area contributed by atoms with E-state index in [1.165, 1.54) is 0 Å². The van der Waals surface area contributed by atoms with E-state index >= 15 is 0 Å². The number of nitrogens with one attached hydrogen (secondary N) is 1. The highest BCUT2D eigenvalue weighted by Gasteiger charge is 2.19. The summed E-state index contributed by atoms with van der Waals surface area (Å²) in [6.07, 6.45) is 3.12. The molecular formula is C14H19NO3. The third kappa shape index (κ3) is 2.94. The van der Waals surface area contributed by atoms with Gasteiger partial charge in [0.15, 0.2) is 0 Å². The topological polar surface area (TPSA) is 47.6 Å². The van der Waals surface area contributed by atoms with Gasteiger partial charge in [-0.05, 0) is 25.0 Å². The van der Waals surface area contributed by atoms with Crippen molar-refractivity contribution in [3.63, 3.8) is 0 Å². The van der Waals surface area contributed by atoms with Crippen molar-refractivity contribution in [2.24, 2.45) is 0 Å². The highest BCUT2D eigenvalue weighted by atomic mass is 16.5. The van der Waals surface area contributed by atoms with Crippen molar-refractivity contribution >= 4 is 11.5 Å². The molecule has 1 aromatic carbocycles. The van der Waals surface area contributed by atoms with Crippen molar-refractivity contribution in [1.29, 1.82) is 0 Å². The number of rotatable bonds is 4. The molecule has 1 saturated carbocycles. The van der Waals surface area contributed by atoms with Gasteiger partial charge < -0.3 is 14.8 Å². The maximum Gasteiger partial charge on any atom is 0.142 e. The molecule has 0 radical (unpaired) electrons. The monoisotopic (exact) mass is 249 g/mol. The minimum atomic E-state index is 0.337. The molecule has 1 aliphatic rings. The molecule has 4 heteroatoms. The number of benzene rings is 1. The maximum atomic E-state index is 11.2. The third-order valence-corrected chi connectivity index (χ3v) is 3.31. The Hall–Kier alpha value is -1.71. The molecule has 0 atom stereocenters. The number of hydrogen-bond acceptors (Lipinski definition) is 4. The van der Waals surface area contributed by atoms with Gasteiger partial charge in [-0.2, -0.15) is 0 Å². The smallest absolute Gasteiger partial charge is 0.142 e. The van der Waals surface area contributed by atoms with Crippen LogP contribution < -0.4 is 14.8 Å². The Bertz CT molecular complexity index is 421. The lowest BCUT2D eigenvalue weighted by atomic mass is 9.94. The number of methoxy groups -OCH3 is 2. The molecule has 2 rings (SSSR count). The van der Waals surface area contributed by atoms with Gasteiger partial charge in [-0.25, -0.2) is 0 Å². The number of carbonyl (C=O) groups is 1. The van der Waals surface area contributed by atoms with Crippen molar-refractivity contribution < 1.29 is 14.3 Å². The zero-order chi connectivity index (χ0) is 13.0. The Labute approximate surface area is 107 Å². The second-order valence-corrected chi connectivity index (χ2v) is 4.52. The zero-order valence-electron chi connectivity index (χ0n) is 10.9. The summed E-state index contributed by atoms with van der Waals surface area (Å²) in [7, 11) is 3.29. The molecule has 0 spiro atoms. The molecule has 0 unspecified atom stereocenters. The van der Waals surface area contributed by atoms with E-state index in [0.717, 1.165) is 30.0 Å². The van der Waals surface area contributed by atoms with Gasteiger partial charge in [-0.1, -0.05) is 0 Å². The first-order valence-electron chi connectivity index (χ1n) is 6.23. The standard InChI is InChI=1S/C14H19NO3/c1-17-12-7-8-14(18-2)13(9-12)15-10-3-5-11(16)6-4-10/h7-10,15H,3-6H2,1-2H3. The average molecular weight is 249 g/mol. The van der Waals surface area contributed by atoms with Crippen LogP contribution in [0.1, 0.15) is 25.7 Å². The summed E-state index contributed by atoms with van der Waals surface area (Å²) < 4.78 is 10.5. The zero-order valence-corrected chi connectivity index (χ0v) is 10.9. The van der Waals surface area contributed by atoms with Crippen LogP contribution in [0.5, 0.6) is 11.5 Å². The van der Waals surface area contributed by atoms with E-state index in [9.17, 15) is 4.79 Å². The first kappa shape index (κ1) is 12.7. The van der Waals surface area contributed by atoms with Crippen molar-refractivity contribution in [1.82, 2.24) is 0 Å². The van der Waals surface area contributed by atoms with E-state index < -0.39 is 0 Å². The Morgan fingerprint density at radius 2 is 1.89 bits per heavy atom. The predicted molar refractivity (Wildman–Crippen MR) is 70.4 cm³/mol. The van der Waals surface area contributed by atoms with Crippen molar-refractivity contribution in [3.05, 3.63) is 18.2 Å². The van der Waals surface area contributed by atoms with Crippen LogP contribution >= 0.6 is 0 Å². The second-order valence-electron chi connectivity index (χ2n) is 4.52. The molecule has 0 saturated heterocycles. The molecule has 1 aromatic rings. The lowest BCUT2D eigenvalue weighted by Crippen LogP contribution is -2.26. The highest BCUT2D eigenvalue weighted by Crippen LogP contribution is 2.31. The van der Waals surface area contributed by atoms with Crippen LogP contribution in [0.2, 0.25) is 0 Å². The molecule has 4 nitrogen and oxygen atoms in total. The predicted octanol–water partition coefficient (Wildman–Crippen LogP) is 2.63. The van der Waals surface area contributed by atoms with Gasteiger partial charge in [0.1, 0.15) is 17.3 Å². The van der Waals surface area contributed by atoms with Crippen LogP contribution in [0.15, 0.2) is 18.2 Å². The van der Waals surface area contributed by atoms with Gasteiger partial charge in [-0.15, -0.1) is 0 Å². The number of ketones is 1. The molecular weight excluding hydrogens is 230 g/mol. The Kier molecular flexibility index (Phi) is 4.07. The van der Waals surface area contributed by atoms with Crippen LogP contribution in [0.4, 0.5) is 5.69 Å². The fourth-order valence-corrected chi connectivity index (χ4v) is 2.23. The van der Waals surface area contributed by atoms with Crippen molar-refractivity contribution in [3.8, 4) is 11.5 Å². The first-order chi connectivity index (χ1) is 8.72. The molecule has 1 N–H and O–H groups in total. The number of anilines is 1. The molecule has 1 fully saturated rings. The van der Waals surface area contributed by atoms with E-state index in [-0.39, 0.29) is 0 Å². The van der Waals surface area contributed by atoms with Gasteiger partial charge >= 0.3 is 0 Å². The lowest BCUT2D eigenvalue weighted by molar-refractivity contribution is -0.120. The molecule has 0 amide bonds. The molecule has 0 heterocycles. The van der Waals surface area contributed by atoms with E-state index in [4.69, 9.17) is 9.47 Å². The average Bonchev–Trinajstić information content (AvgIpc) is 2.41. The summed E-state index contributed by atoms with van der Waals surface area (Å²) in [6, 6.07) is 6.02. The third-order valence-electron chi connectivity index (χ3n) is 3.31. The molecule has 1 aliphatic carbocycles. The van der Waals surface area contributed by atoms with E-state index in [0.29, 0.717) is 24.7 Å². The fraction of sp³-hybridized carbons (Fsp3) is 0.500. The van der Waals surface area contributed by atoms with E-state index in [1.807, 2.05) is 18.2 Å². The minimum Gasteiger partial charge on any atom is -0.497 e. The Morgan fingerprint density at radius 1 is 1.17 bits per heavy atom. The number of Topliss-reactive ketones (excluding diaryl/α,β-unsaturated/α-hetero) is 1. The van der Waals surface area contributed by atoms with E-state index in [2.05, 4.69) is 5.32 Å². The molecule has 0 aromatic heterocycles. The summed E-state index contributed by atoms with van der Waals surface area (Å²) in [5.41, 5.74) is 0.927. The summed E-state index contributed by atoms with van der Waals surface area (Å²) in [5.74, 6) is 1.96. The van der Waals surface area contributed by atoms with Crippen molar-refractivity contribution in [2.45, 2.75) is 31.7 Å². The Morgan fingerprint density at radius 3 is 2.50 bits per heavy atom. The Balaban J connectivity index is 2.09. The van der Waals surface area contributed by atoms with Crippen molar-refractivity contribution in [2.75, 3.05) is 19.5 Å². The highest BCUT2D eigenvalue weighted by molar-refractivity contribution is 5.79. The molecule has 0 aliphatic heterocycles. The summed E-state index contributed by atoms with van der Waals surface area (Å²) in [4.78, 5) is 11.2. The van der Waals surface area contributed by atoms with Crippen LogP contribution in [0, 0.1) is 0 Å². The SMILES string of the molecule is COc1ccc(OC)c(NC2CCC(=O)CC2)c1. The van der Waals surface area contributed by atoms with Gasteiger partial charge in [0.2, 0.25) is 0 Å². The van der Waals surface area contributed by atoms with Crippen LogP contribution in [0.3, 0.4) is 0 Å². The van der Waals surface area contributed by atoms with Crippen LogP contribution in [-0.2, 0) is 4.79 Å². The minimum absolute atomic E-state index is 0.337. The second kappa shape index (κ2) is 5.76. The fourth-order valence-electron chi connectivity index (χ4n) is 2.23. The van der Waals surface area contributed by atoms with Crippen LogP contribution in [-0.4, -0.2) is 26.0 Å². The van der Waals surface area contributed by atoms with Gasteiger partial charge in [-0.3, -0.25) is 4.79 Å². The maximum absolute atomic E-state index is 11.2. The number of hydrogen-bond donors (Lipinski definition) is 1. The lowest BCUT2D eigenvalue weighted by Gasteiger charge is -2.24. The van der Waals surface area contributed by atoms with Gasteiger partial charge in [0, 0.05) is 24.9 Å².